The topological polar surface area (TPSA) is 12.0 Å². The van der Waals surface area contributed by atoms with E-state index in [9.17, 15) is 8.78 Å². The van der Waals surface area contributed by atoms with Gasteiger partial charge in [0.2, 0.25) is 0 Å². The summed E-state index contributed by atoms with van der Waals surface area (Å²) in [7, 11) is 0. The molecule has 3 heteroatoms. The number of halogens is 2. The lowest BCUT2D eigenvalue weighted by molar-refractivity contribution is 0.162. The molecule has 1 aromatic carbocycles. The molecule has 0 spiro atoms. The summed E-state index contributed by atoms with van der Waals surface area (Å²) in [5.74, 6) is 0.656. The summed E-state index contributed by atoms with van der Waals surface area (Å²) in [6, 6.07) is 4.27. The Morgan fingerprint density at radius 1 is 0.895 bits per heavy atom. The number of benzene rings is 1. The maximum Gasteiger partial charge on any atom is 0.149 e. The first-order valence-corrected chi connectivity index (χ1v) is 7.44. The fraction of sp³-hybridized carbons (Fsp3) is 0.625. The van der Waals surface area contributed by atoms with Crippen molar-refractivity contribution in [3.8, 4) is 0 Å². The van der Waals surface area contributed by atoms with Gasteiger partial charge in [-0.15, -0.1) is 0 Å². The Kier molecular flexibility index (Phi) is 3.72. The maximum atomic E-state index is 13.6. The number of anilines is 1. The standard InChI is InChI=1S/C16H21F2N/c17-14-6-3-7-15(18)16(14)19-13-9-8-11-4-1-2-5-12(11)10-13/h3,6-7,11-13,19H,1-2,4-5,8-10H2. The van der Waals surface area contributed by atoms with E-state index in [1.165, 1.54) is 50.3 Å². The minimum atomic E-state index is -0.481. The Morgan fingerprint density at radius 2 is 1.58 bits per heavy atom. The van der Waals surface area contributed by atoms with E-state index in [0.717, 1.165) is 24.7 Å². The van der Waals surface area contributed by atoms with Gasteiger partial charge in [-0.2, -0.15) is 0 Å². The molecule has 2 aliphatic carbocycles. The van der Waals surface area contributed by atoms with Crippen LogP contribution >= 0.6 is 0 Å². The molecule has 0 radical (unpaired) electrons. The molecule has 3 atom stereocenters. The predicted octanol–water partition coefficient (Wildman–Crippen LogP) is 4.74. The van der Waals surface area contributed by atoms with E-state index in [4.69, 9.17) is 0 Å². The third kappa shape index (κ3) is 2.75. The van der Waals surface area contributed by atoms with E-state index >= 15 is 0 Å². The smallest absolute Gasteiger partial charge is 0.149 e. The third-order valence-corrected chi connectivity index (χ3v) is 4.85. The van der Waals surface area contributed by atoms with Crippen LogP contribution in [0.25, 0.3) is 0 Å². The van der Waals surface area contributed by atoms with Gasteiger partial charge in [0.15, 0.2) is 0 Å². The SMILES string of the molecule is Fc1cccc(F)c1NC1CCC2CCCCC2C1. The van der Waals surface area contributed by atoms with E-state index in [1.807, 2.05) is 0 Å². The van der Waals surface area contributed by atoms with Crippen molar-refractivity contribution < 1.29 is 8.78 Å². The third-order valence-electron chi connectivity index (χ3n) is 4.85. The van der Waals surface area contributed by atoms with Crippen LogP contribution in [-0.2, 0) is 0 Å². The van der Waals surface area contributed by atoms with Gasteiger partial charge in [-0.25, -0.2) is 8.78 Å². The van der Waals surface area contributed by atoms with E-state index < -0.39 is 11.6 Å². The van der Waals surface area contributed by atoms with Crippen LogP contribution in [0.1, 0.15) is 44.9 Å². The molecular formula is C16H21F2N. The molecule has 0 aromatic heterocycles. The summed E-state index contributed by atoms with van der Waals surface area (Å²) in [4.78, 5) is 0. The van der Waals surface area contributed by atoms with Crippen LogP contribution < -0.4 is 5.32 Å². The predicted molar refractivity (Wildman–Crippen MR) is 73.1 cm³/mol. The molecule has 19 heavy (non-hydrogen) atoms. The molecular weight excluding hydrogens is 244 g/mol. The average Bonchev–Trinajstić information content (AvgIpc) is 2.43. The van der Waals surface area contributed by atoms with Gasteiger partial charge in [0.05, 0.1) is 0 Å². The van der Waals surface area contributed by atoms with Crippen LogP contribution in [0.3, 0.4) is 0 Å². The van der Waals surface area contributed by atoms with Crippen molar-refractivity contribution in [2.24, 2.45) is 11.8 Å². The summed E-state index contributed by atoms with van der Waals surface area (Å²) in [6.07, 6.45) is 8.64. The lowest BCUT2D eigenvalue weighted by atomic mass is 9.69. The summed E-state index contributed by atoms with van der Waals surface area (Å²) in [5, 5.41) is 3.10. The van der Waals surface area contributed by atoms with Gasteiger partial charge < -0.3 is 5.32 Å². The Morgan fingerprint density at radius 3 is 2.32 bits per heavy atom. The summed E-state index contributed by atoms with van der Waals surface area (Å²) >= 11 is 0. The normalized spacial score (nSPS) is 30.7. The van der Waals surface area contributed by atoms with Crippen molar-refractivity contribution in [2.75, 3.05) is 5.32 Å². The van der Waals surface area contributed by atoms with Crippen LogP contribution in [0.15, 0.2) is 18.2 Å². The van der Waals surface area contributed by atoms with Gasteiger partial charge in [0.25, 0.3) is 0 Å². The van der Waals surface area contributed by atoms with E-state index in [2.05, 4.69) is 5.32 Å². The molecule has 0 aliphatic heterocycles. The van der Waals surface area contributed by atoms with E-state index in [0.29, 0.717) is 0 Å². The lowest BCUT2D eigenvalue weighted by Crippen LogP contribution is -2.34. The minimum Gasteiger partial charge on any atom is -0.378 e. The molecule has 0 saturated heterocycles. The van der Waals surface area contributed by atoms with Crippen LogP contribution in [0.5, 0.6) is 0 Å². The van der Waals surface area contributed by atoms with Gasteiger partial charge in [0.1, 0.15) is 17.3 Å². The second-order valence-electron chi connectivity index (χ2n) is 6.06. The molecule has 1 nitrogen and oxygen atoms in total. The number of fused-ring (bicyclic) bond motifs is 1. The van der Waals surface area contributed by atoms with E-state index in [1.54, 1.807) is 0 Å². The van der Waals surface area contributed by atoms with Crippen molar-refractivity contribution in [2.45, 2.75) is 51.0 Å². The molecule has 1 aromatic rings. The molecule has 2 aliphatic rings. The first-order chi connectivity index (χ1) is 9.24. The molecule has 0 amide bonds. The molecule has 3 unspecified atom stereocenters. The van der Waals surface area contributed by atoms with Crippen LogP contribution in [-0.4, -0.2) is 6.04 Å². The minimum absolute atomic E-state index is 0.0572. The highest BCUT2D eigenvalue weighted by molar-refractivity contribution is 5.47. The highest BCUT2D eigenvalue weighted by Crippen LogP contribution is 2.41. The monoisotopic (exact) mass is 265 g/mol. The molecule has 0 bridgehead atoms. The summed E-state index contributed by atoms with van der Waals surface area (Å²) < 4.78 is 27.3. The second-order valence-corrected chi connectivity index (χ2v) is 6.06. The fourth-order valence-corrected chi connectivity index (χ4v) is 3.84. The summed E-state index contributed by atoms with van der Waals surface area (Å²) in [6.45, 7) is 0. The van der Waals surface area contributed by atoms with Gasteiger partial charge in [-0.1, -0.05) is 31.7 Å². The van der Waals surface area contributed by atoms with Crippen molar-refractivity contribution in [3.63, 3.8) is 0 Å². The number of para-hydroxylation sites is 1. The first kappa shape index (κ1) is 12.9. The number of rotatable bonds is 2. The molecule has 2 saturated carbocycles. The number of hydrogen-bond donors (Lipinski definition) is 1. The van der Waals surface area contributed by atoms with Gasteiger partial charge in [0, 0.05) is 6.04 Å². The van der Waals surface area contributed by atoms with Crippen LogP contribution in [0, 0.1) is 23.5 Å². The van der Waals surface area contributed by atoms with Gasteiger partial charge in [-0.05, 0) is 43.2 Å². The van der Waals surface area contributed by atoms with E-state index in [-0.39, 0.29) is 11.7 Å². The summed E-state index contributed by atoms with van der Waals surface area (Å²) in [5.41, 5.74) is 0.0572. The maximum absolute atomic E-state index is 13.6. The molecule has 3 rings (SSSR count). The van der Waals surface area contributed by atoms with Crippen molar-refractivity contribution in [3.05, 3.63) is 29.8 Å². The lowest BCUT2D eigenvalue weighted by Gasteiger charge is -2.39. The quantitative estimate of drug-likeness (QED) is 0.814. The Hall–Kier alpha value is -1.12. The van der Waals surface area contributed by atoms with Gasteiger partial charge >= 0.3 is 0 Å². The zero-order valence-corrected chi connectivity index (χ0v) is 11.2. The Balaban J connectivity index is 1.67. The number of nitrogens with one attached hydrogen (secondary N) is 1. The fourth-order valence-electron chi connectivity index (χ4n) is 3.84. The Bertz CT molecular complexity index is 426. The van der Waals surface area contributed by atoms with Crippen LogP contribution in [0.2, 0.25) is 0 Å². The average molecular weight is 265 g/mol. The van der Waals surface area contributed by atoms with Crippen molar-refractivity contribution >= 4 is 5.69 Å². The zero-order valence-electron chi connectivity index (χ0n) is 11.2. The largest absolute Gasteiger partial charge is 0.378 e. The van der Waals surface area contributed by atoms with Crippen LogP contribution in [0.4, 0.5) is 14.5 Å². The molecule has 1 N–H and O–H groups in total. The van der Waals surface area contributed by atoms with Crippen molar-refractivity contribution in [1.82, 2.24) is 0 Å². The molecule has 104 valence electrons. The highest BCUT2D eigenvalue weighted by Gasteiger charge is 2.32. The first-order valence-electron chi connectivity index (χ1n) is 7.44. The molecule has 0 heterocycles. The highest BCUT2D eigenvalue weighted by atomic mass is 19.1. The number of hydrogen-bond acceptors (Lipinski definition) is 1. The second kappa shape index (κ2) is 5.48. The Labute approximate surface area is 113 Å². The zero-order chi connectivity index (χ0) is 13.2. The molecule has 2 fully saturated rings. The van der Waals surface area contributed by atoms with Gasteiger partial charge in [-0.3, -0.25) is 0 Å². The van der Waals surface area contributed by atoms with Crippen molar-refractivity contribution in [1.29, 1.82) is 0 Å².